The second-order valence-electron chi connectivity index (χ2n) is 4.98. The lowest BCUT2D eigenvalue weighted by Gasteiger charge is -2.30. The third-order valence-electron chi connectivity index (χ3n) is 3.61. The molecule has 0 aliphatic rings. The van der Waals surface area contributed by atoms with Gasteiger partial charge in [0.2, 0.25) is 0 Å². The Morgan fingerprint density at radius 3 is 2.60 bits per heavy atom. The molecular formula is C15H29N3OS. The summed E-state index contributed by atoms with van der Waals surface area (Å²) < 4.78 is 5.25. The Balaban J connectivity index is 2.84. The molecule has 20 heavy (non-hydrogen) atoms. The molecule has 0 aliphatic carbocycles. The third-order valence-corrected chi connectivity index (χ3v) is 4.83. The lowest BCUT2D eigenvalue weighted by atomic mass is 10.1. The van der Waals surface area contributed by atoms with Gasteiger partial charge in [-0.2, -0.15) is 0 Å². The highest BCUT2D eigenvalue weighted by atomic mass is 32.1. The van der Waals surface area contributed by atoms with Crippen molar-refractivity contribution in [3.63, 3.8) is 0 Å². The van der Waals surface area contributed by atoms with E-state index in [4.69, 9.17) is 4.74 Å². The predicted octanol–water partition coefficient (Wildman–Crippen LogP) is 3.46. The zero-order valence-electron chi connectivity index (χ0n) is 13.5. The minimum absolute atomic E-state index is 0.372. The molecule has 1 N–H and O–H groups in total. The topological polar surface area (TPSA) is 37.4 Å². The minimum atomic E-state index is 0.372. The number of rotatable bonds is 10. The van der Waals surface area contributed by atoms with E-state index in [0.29, 0.717) is 12.1 Å². The van der Waals surface area contributed by atoms with Crippen LogP contribution in [-0.4, -0.2) is 37.8 Å². The van der Waals surface area contributed by atoms with Gasteiger partial charge in [-0.3, -0.25) is 0 Å². The number of hydrogen-bond donors (Lipinski definition) is 1. The number of methoxy groups -OCH3 is 1. The molecule has 5 heteroatoms. The van der Waals surface area contributed by atoms with Crippen LogP contribution in [0.2, 0.25) is 0 Å². The number of aromatic nitrogens is 1. The summed E-state index contributed by atoms with van der Waals surface area (Å²) in [7, 11) is 1.76. The molecule has 0 radical (unpaired) electrons. The van der Waals surface area contributed by atoms with Crippen molar-refractivity contribution in [2.45, 2.75) is 52.6 Å². The van der Waals surface area contributed by atoms with Gasteiger partial charge >= 0.3 is 0 Å². The highest BCUT2D eigenvalue weighted by molar-refractivity contribution is 7.15. The van der Waals surface area contributed by atoms with Gasteiger partial charge in [0.1, 0.15) is 0 Å². The summed E-state index contributed by atoms with van der Waals surface area (Å²) in [6, 6.07) is 0.913. The summed E-state index contributed by atoms with van der Waals surface area (Å²) >= 11 is 1.80. The van der Waals surface area contributed by atoms with Crippen molar-refractivity contribution in [1.82, 2.24) is 10.3 Å². The molecule has 1 unspecified atom stereocenters. The van der Waals surface area contributed by atoms with Crippen LogP contribution in [0, 0.1) is 0 Å². The average Bonchev–Trinajstić information content (AvgIpc) is 2.93. The fourth-order valence-electron chi connectivity index (χ4n) is 2.37. The van der Waals surface area contributed by atoms with Crippen molar-refractivity contribution in [2.75, 3.05) is 31.7 Å². The van der Waals surface area contributed by atoms with Crippen LogP contribution in [0.5, 0.6) is 0 Å². The van der Waals surface area contributed by atoms with E-state index in [2.05, 4.69) is 42.9 Å². The van der Waals surface area contributed by atoms with Gasteiger partial charge in [0.15, 0.2) is 5.13 Å². The molecule has 0 spiro atoms. The van der Waals surface area contributed by atoms with E-state index < -0.39 is 0 Å². The average molecular weight is 299 g/mol. The fraction of sp³-hybridized carbons (Fsp3) is 0.800. The van der Waals surface area contributed by atoms with Crippen molar-refractivity contribution in [2.24, 2.45) is 0 Å². The first-order valence-electron chi connectivity index (χ1n) is 7.62. The Kier molecular flexibility index (Phi) is 8.11. The van der Waals surface area contributed by atoms with E-state index >= 15 is 0 Å². The molecule has 0 fully saturated rings. The number of nitrogens with one attached hydrogen (secondary N) is 1. The summed E-state index contributed by atoms with van der Waals surface area (Å²) in [6.07, 6.45) is 4.28. The largest absolute Gasteiger partial charge is 0.383 e. The van der Waals surface area contributed by atoms with Gasteiger partial charge in [0.05, 0.1) is 6.61 Å². The normalized spacial score (nSPS) is 12.9. The lowest BCUT2D eigenvalue weighted by Crippen LogP contribution is -2.37. The zero-order valence-corrected chi connectivity index (χ0v) is 14.3. The van der Waals surface area contributed by atoms with Crippen LogP contribution in [0.1, 0.15) is 51.5 Å². The Hall–Kier alpha value is -0.650. The molecular weight excluding hydrogens is 270 g/mol. The Morgan fingerprint density at radius 1 is 1.35 bits per heavy atom. The van der Waals surface area contributed by atoms with Crippen molar-refractivity contribution in [3.05, 3.63) is 11.1 Å². The molecule has 0 aliphatic heterocycles. The molecule has 1 aromatic heterocycles. The molecule has 1 aromatic rings. The lowest BCUT2D eigenvalue weighted by molar-refractivity contribution is 0.202. The Morgan fingerprint density at radius 2 is 2.05 bits per heavy atom. The van der Waals surface area contributed by atoms with Gasteiger partial charge < -0.3 is 15.0 Å². The van der Waals surface area contributed by atoms with E-state index in [1.54, 1.807) is 18.4 Å². The number of thiazole rings is 1. The molecule has 1 atom stereocenters. The predicted molar refractivity (Wildman–Crippen MR) is 87.8 cm³/mol. The molecule has 1 rings (SSSR count). The SMILES string of the molecule is CCNC(C)c1cnc(N(CCOC)C(CC)CC)s1. The van der Waals surface area contributed by atoms with Gasteiger partial charge in [-0.05, 0) is 26.3 Å². The molecule has 0 saturated carbocycles. The highest BCUT2D eigenvalue weighted by Crippen LogP contribution is 2.29. The quantitative estimate of drug-likeness (QED) is 0.718. The number of anilines is 1. The first kappa shape index (κ1) is 17.4. The Labute approximate surface area is 127 Å². The zero-order chi connectivity index (χ0) is 15.0. The van der Waals surface area contributed by atoms with Crippen LogP contribution in [0.3, 0.4) is 0 Å². The second-order valence-corrected chi connectivity index (χ2v) is 6.02. The van der Waals surface area contributed by atoms with E-state index in [1.807, 2.05) is 6.20 Å². The summed E-state index contributed by atoms with van der Waals surface area (Å²) in [6.45, 7) is 11.4. The monoisotopic (exact) mass is 299 g/mol. The maximum atomic E-state index is 5.25. The number of hydrogen-bond acceptors (Lipinski definition) is 5. The number of ether oxygens (including phenoxy) is 1. The smallest absolute Gasteiger partial charge is 0.185 e. The van der Waals surface area contributed by atoms with Gasteiger partial charge in [-0.1, -0.05) is 20.8 Å². The third kappa shape index (κ3) is 4.72. The van der Waals surface area contributed by atoms with E-state index in [0.717, 1.165) is 37.7 Å². The fourth-order valence-corrected chi connectivity index (χ4v) is 3.41. The molecule has 0 saturated heterocycles. The van der Waals surface area contributed by atoms with Crippen molar-refractivity contribution in [3.8, 4) is 0 Å². The molecule has 4 nitrogen and oxygen atoms in total. The minimum Gasteiger partial charge on any atom is -0.383 e. The van der Waals surface area contributed by atoms with Gasteiger partial charge in [0.25, 0.3) is 0 Å². The van der Waals surface area contributed by atoms with Crippen LogP contribution >= 0.6 is 11.3 Å². The van der Waals surface area contributed by atoms with Gasteiger partial charge in [0, 0.05) is 36.8 Å². The summed E-state index contributed by atoms with van der Waals surface area (Å²) in [5, 5.41) is 4.56. The van der Waals surface area contributed by atoms with Crippen LogP contribution in [0.4, 0.5) is 5.13 Å². The molecule has 0 bridgehead atoms. The number of nitrogens with zero attached hydrogens (tertiary/aromatic N) is 2. The second kappa shape index (κ2) is 9.32. The van der Waals surface area contributed by atoms with Crippen LogP contribution in [0.25, 0.3) is 0 Å². The summed E-state index contributed by atoms with van der Waals surface area (Å²) in [4.78, 5) is 8.34. The maximum Gasteiger partial charge on any atom is 0.185 e. The highest BCUT2D eigenvalue weighted by Gasteiger charge is 2.19. The first-order valence-corrected chi connectivity index (χ1v) is 8.44. The van der Waals surface area contributed by atoms with Crippen molar-refractivity contribution >= 4 is 16.5 Å². The van der Waals surface area contributed by atoms with E-state index in [-0.39, 0.29) is 0 Å². The van der Waals surface area contributed by atoms with Crippen LogP contribution < -0.4 is 10.2 Å². The molecule has 0 amide bonds. The van der Waals surface area contributed by atoms with Crippen molar-refractivity contribution < 1.29 is 4.74 Å². The van der Waals surface area contributed by atoms with Gasteiger partial charge in [-0.15, -0.1) is 11.3 Å². The Bertz CT molecular complexity index is 366. The van der Waals surface area contributed by atoms with Gasteiger partial charge in [-0.25, -0.2) is 4.98 Å². The molecule has 116 valence electrons. The first-order chi connectivity index (χ1) is 9.67. The summed E-state index contributed by atoms with van der Waals surface area (Å²) in [5.41, 5.74) is 0. The van der Waals surface area contributed by atoms with Crippen LogP contribution in [0.15, 0.2) is 6.20 Å². The molecule has 1 heterocycles. The standard InChI is InChI=1S/C15H29N3OS/c1-6-13(7-2)18(9-10-19-5)15-17-11-14(20-15)12(4)16-8-3/h11-13,16H,6-10H2,1-5H3. The van der Waals surface area contributed by atoms with E-state index in [1.165, 1.54) is 4.88 Å². The van der Waals surface area contributed by atoms with E-state index in [9.17, 15) is 0 Å². The van der Waals surface area contributed by atoms with Crippen molar-refractivity contribution in [1.29, 1.82) is 0 Å². The maximum absolute atomic E-state index is 5.25. The van der Waals surface area contributed by atoms with Crippen LogP contribution in [-0.2, 0) is 4.74 Å². The summed E-state index contributed by atoms with van der Waals surface area (Å²) in [5.74, 6) is 0. The molecule has 0 aromatic carbocycles.